The SMILES string of the molecule is Cc1cc(=O)[nH]cc1C1CCCCN1CC(C)C. The Morgan fingerprint density at radius 1 is 1.44 bits per heavy atom. The van der Waals surface area contributed by atoms with Gasteiger partial charge in [-0.25, -0.2) is 0 Å². The van der Waals surface area contributed by atoms with Crippen LogP contribution in [0.3, 0.4) is 0 Å². The van der Waals surface area contributed by atoms with Crippen LogP contribution in [0, 0.1) is 12.8 Å². The molecule has 0 amide bonds. The molecule has 1 aromatic heterocycles. The summed E-state index contributed by atoms with van der Waals surface area (Å²) >= 11 is 0. The minimum absolute atomic E-state index is 0.00229. The third-order valence-corrected chi connectivity index (χ3v) is 3.75. The molecule has 1 aliphatic heterocycles. The Morgan fingerprint density at radius 2 is 2.22 bits per heavy atom. The molecule has 3 heteroatoms. The fraction of sp³-hybridized carbons (Fsp3) is 0.667. The number of nitrogens with one attached hydrogen (secondary N) is 1. The number of nitrogens with zero attached hydrogens (tertiary/aromatic N) is 1. The standard InChI is InChI=1S/C15H24N2O/c1-11(2)10-17-7-5-4-6-14(17)13-9-16-15(18)8-12(13)3/h8-9,11,14H,4-7,10H2,1-3H3,(H,16,18). The van der Waals surface area contributed by atoms with Crippen LogP contribution in [0.4, 0.5) is 0 Å². The van der Waals surface area contributed by atoms with Crippen molar-refractivity contribution in [2.75, 3.05) is 13.1 Å². The van der Waals surface area contributed by atoms with Gasteiger partial charge in [0.25, 0.3) is 0 Å². The second-order valence-corrected chi connectivity index (χ2v) is 5.84. The molecule has 3 nitrogen and oxygen atoms in total. The van der Waals surface area contributed by atoms with Gasteiger partial charge >= 0.3 is 0 Å². The number of aryl methyl sites for hydroxylation is 1. The number of rotatable bonds is 3. The lowest BCUT2D eigenvalue weighted by Crippen LogP contribution is -2.36. The van der Waals surface area contributed by atoms with Crippen molar-refractivity contribution < 1.29 is 0 Å². The van der Waals surface area contributed by atoms with Crippen LogP contribution in [-0.4, -0.2) is 23.0 Å². The van der Waals surface area contributed by atoms with Crippen molar-refractivity contribution in [1.82, 2.24) is 9.88 Å². The predicted molar refractivity (Wildman–Crippen MR) is 74.8 cm³/mol. The van der Waals surface area contributed by atoms with Crippen molar-refractivity contribution in [1.29, 1.82) is 0 Å². The summed E-state index contributed by atoms with van der Waals surface area (Å²) < 4.78 is 0. The van der Waals surface area contributed by atoms with E-state index in [0.717, 1.165) is 12.1 Å². The molecule has 0 radical (unpaired) electrons. The van der Waals surface area contributed by atoms with Gasteiger partial charge in [-0.05, 0) is 43.4 Å². The van der Waals surface area contributed by atoms with Gasteiger partial charge < -0.3 is 4.98 Å². The number of pyridine rings is 1. The Balaban J connectivity index is 2.24. The molecule has 1 N–H and O–H groups in total. The maximum absolute atomic E-state index is 11.3. The van der Waals surface area contributed by atoms with E-state index in [1.165, 1.54) is 31.4 Å². The van der Waals surface area contributed by atoms with E-state index < -0.39 is 0 Å². The number of aromatic amines is 1. The summed E-state index contributed by atoms with van der Waals surface area (Å²) in [6.45, 7) is 8.91. The fourth-order valence-electron chi connectivity index (χ4n) is 2.97. The molecular formula is C15H24N2O. The van der Waals surface area contributed by atoms with E-state index in [1.807, 2.05) is 13.1 Å². The summed E-state index contributed by atoms with van der Waals surface area (Å²) in [6.07, 6.45) is 5.71. The summed E-state index contributed by atoms with van der Waals surface area (Å²) in [5.74, 6) is 0.689. The molecule has 0 bridgehead atoms. The molecule has 100 valence electrons. The number of hydrogen-bond acceptors (Lipinski definition) is 2. The number of hydrogen-bond donors (Lipinski definition) is 1. The van der Waals surface area contributed by atoms with E-state index in [9.17, 15) is 4.79 Å². The average molecular weight is 248 g/mol. The van der Waals surface area contributed by atoms with Gasteiger partial charge in [-0.3, -0.25) is 9.69 Å². The molecule has 0 spiro atoms. The lowest BCUT2D eigenvalue weighted by Gasteiger charge is -2.37. The second kappa shape index (κ2) is 5.70. The Labute approximate surface area is 109 Å². The highest BCUT2D eigenvalue weighted by Crippen LogP contribution is 2.32. The molecule has 2 heterocycles. The van der Waals surface area contributed by atoms with Crippen LogP contribution < -0.4 is 5.56 Å². The van der Waals surface area contributed by atoms with Crippen molar-refractivity contribution in [3.8, 4) is 0 Å². The molecule has 0 aliphatic carbocycles. The average Bonchev–Trinajstić information content (AvgIpc) is 2.30. The van der Waals surface area contributed by atoms with Crippen LogP contribution in [0.5, 0.6) is 0 Å². The normalized spacial score (nSPS) is 21.4. The molecule has 18 heavy (non-hydrogen) atoms. The van der Waals surface area contributed by atoms with Crippen molar-refractivity contribution in [2.45, 2.75) is 46.1 Å². The van der Waals surface area contributed by atoms with Gasteiger partial charge in [0, 0.05) is 24.8 Å². The maximum atomic E-state index is 11.3. The van der Waals surface area contributed by atoms with Crippen molar-refractivity contribution in [3.05, 3.63) is 33.7 Å². The van der Waals surface area contributed by atoms with Crippen LogP contribution in [0.15, 0.2) is 17.1 Å². The van der Waals surface area contributed by atoms with Gasteiger partial charge in [-0.2, -0.15) is 0 Å². The van der Waals surface area contributed by atoms with Gasteiger partial charge in [0.15, 0.2) is 0 Å². The van der Waals surface area contributed by atoms with Gasteiger partial charge in [0.05, 0.1) is 0 Å². The minimum Gasteiger partial charge on any atom is -0.329 e. The quantitative estimate of drug-likeness (QED) is 0.893. The van der Waals surface area contributed by atoms with Crippen LogP contribution in [-0.2, 0) is 0 Å². The Morgan fingerprint density at radius 3 is 2.89 bits per heavy atom. The Bertz CT molecular complexity index is 450. The highest BCUT2D eigenvalue weighted by Gasteiger charge is 2.25. The smallest absolute Gasteiger partial charge is 0.248 e. The number of piperidine rings is 1. The van der Waals surface area contributed by atoms with Crippen molar-refractivity contribution >= 4 is 0 Å². The molecule has 1 fully saturated rings. The molecule has 1 unspecified atom stereocenters. The minimum atomic E-state index is 0.00229. The van der Waals surface area contributed by atoms with Crippen molar-refractivity contribution in [3.63, 3.8) is 0 Å². The summed E-state index contributed by atoms with van der Waals surface area (Å²) in [4.78, 5) is 16.7. The monoisotopic (exact) mass is 248 g/mol. The van der Waals surface area contributed by atoms with E-state index in [2.05, 4.69) is 23.7 Å². The third-order valence-electron chi connectivity index (χ3n) is 3.75. The van der Waals surface area contributed by atoms with Crippen LogP contribution >= 0.6 is 0 Å². The first-order chi connectivity index (χ1) is 8.58. The van der Waals surface area contributed by atoms with Gasteiger partial charge in [0.2, 0.25) is 5.56 Å². The largest absolute Gasteiger partial charge is 0.329 e. The molecule has 0 saturated carbocycles. The van der Waals surface area contributed by atoms with Crippen LogP contribution in [0.1, 0.15) is 50.3 Å². The summed E-state index contributed by atoms with van der Waals surface area (Å²) in [5.41, 5.74) is 2.43. The van der Waals surface area contributed by atoms with E-state index in [-0.39, 0.29) is 5.56 Å². The number of H-pyrrole nitrogens is 1. The Kier molecular flexibility index (Phi) is 4.23. The maximum Gasteiger partial charge on any atom is 0.248 e. The zero-order valence-electron chi connectivity index (χ0n) is 11.7. The van der Waals surface area contributed by atoms with Crippen LogP contribution in [0.2, 0.25) is 0 Å². The van der Waals surface area contributed by atoms with Crippen LogP contribution in [0.25, 0.3) is 0 Å². The topological polar surface area (TPSA) is 36.1 Å². The fourth-order valence-corrected chi connectivity index (χ4v) is 2.97. The third kappa shape index (κ3) is 3.02. The molecule has 1 saturated heterocycles. The van der Waals surface area contributed by atoms with E-state index in [1.54, 1.807) is 6.07 Å². The van der Waals surface area contributed by atoms with Crippen molar-refractivity contribution in [2.24, 2.45) is 5.92 Å². The lowest BCUT2D eigenvalue weighted by molar-refractivity contribution is 0.131. The molecular weight excluding hydrogens is 224 g/mol. The zero-order chi connectivity index (χ0) is 13.1. The first-order valence-corrected chi connectivity index (χ1v) is 7.01. The first-order valence-electron chi connectivity index (χ1n) is 7.01. The second-order valence-electron chi connectivity index (χ2n) is 5.84. The Hall–Kier alpha value is -1.09. The summed E-state index contributed by atoms with van der Waals surface area (Å²) in [7, 11) is 0. The highest BCUT2D eigenvalue weighted by atomic mass is 16.1. The molecule has 1 aliphatic rings. The summed E-state index contributed by atoms with van der Waals surface area (Å²) in [6, 6.07) is 2.20. The van der Waals surface area contributed by atoms with E-state index in [4.69, 9.17) is 0 Å². The van der Waals surface area contributed by atoms with E-state index >= 15 is 0 Å². The number of aromatic nitrogens is 1. The molecule has 0 aromatic carbocycles. The van der Waals surface area contributed by atoms with Gasteiger partial charge in [-0.1, -0.05) is 20.3 Å². The summed E-state index contributed by atoms with van der Waals surface area (Å²) in [5, 5.41) is 0. The number of likely N-dealkylation sites (tertiary alicyclic amines) is 1. The first kappa shape index (κ1) is 13.3. The molecule has 2 rings (SSSR count). The molecule has 1 atom stereocenters. The zero-order valence-corrected chi connectivity index (χ0v) is 11.7. The highest BCUT2D eigenvalue weighted by molar-refractivity contribution is 5.25. The van der Waals surface area contributed by atoms with E-state index in [0.29, 0.717) is 12.0 Å². The molecule has 1 aromatic rings. The lowest BCUT2D eigenvalue weighted by atomic mass is 9.93. The van der Waals surface area contributed by atoms with Gasteiger partial charge in [-0.15, -0.1) is 0 Å². The van der Waals surface area contributed by atoms with Gasteiger partial charge in [0.1, 0.15) is 0 Å². The predicted octanol–water partition coefficient (Wildman–Crippen LogP) is 2.87.